The third-order valence-electron chi connectivity index (χ3n) is 5.71. The van der Waals surface area contributed by atoms with E-state index in [1.165, 1.54) is 34.9 Å². The van der Waals surface area contributed by atoms with E-state index in [1.54, 1.807) is 36.2 Å². The number of methoxy groups -OCH3 is 1. The lowest BCUT2D eigenvalue weighted by atomic mass is 9.97. The highest BCUT2D eigenvalue weighted by Crippen LogP contribution is 2.42. The summed E-state index contributed by atoms with van der Waals surface area (Å²) in [5.41, 5.74) is 7.73. The van der Waals surface area contributed by atoms with Gasteiger partial charge in [-0.25, -0.2) is 9.67 Å². The second-order valence-corrected chi connectivity index (χ2v) is 10.4. The minimum atomic E-state index is -1.12. The van der Waals surface area contributed by atoms with Crippen LogP contribution in [0.4, 0.5) is 5.13 Å². The minimum absolute atomic E-state index is 0.402. The van der Waals surface area contributed by atoms with Gasteiger partial charge in [-0.2, -0.15) is 0 Å². The van der Waals surface area contributed by atoms with Crippen LogP contribution in [0.15, 0.2) is 53.3 Å². The molecule has 0 aromatic carbocycles. The Morgan fingerprint density at radius 1 is 1.31 bits per heavy atom. The van der Waals surface area contributed by atoms with E-state index < -0.39 is 36.4 Å². The van der Waals surface area contributed by atoms with E-state index >= 15 is 0 Å². The maximum Gasteiger partial charge on any atom is 0.180 e. The number of thiazole rings is 1. The van der Waals surface area contributed by atoms with Gasteiger partial charge < -0.3 is 25.4 Å². The van der Waals surface area contributed by atoms with E-state index in [9.17, 15) is 10.2 Å². The average Bonchev–Trinajstić information content (AvgIpc) is 3.54. The zero-order valence-electron chi connectivity index (χ0n) is 18.9. The molecule has 4 N–H and O–H groups in total. The van der Waals surface area contributed by atoms with Crippen molar-refractivity contribution in [3.63, 3.8) is 0 Å². The molecule has 1 fully saturated rings. The molecule has 11 nitrogen and oxygen atoms in total. The average molecular weight is 548 g/mol. The molecule has 5 rings (SSSR count). The number of aliphatic hydroxyl groups excluding tert-OH is 2. The molecule has 1 saturated heterocycles. The number of ether oxygens (including phenoxy) is 2. The predicted octanol–water partition coefficient (Wildman–Crippen LogP) is 2.52. The van der Waals surface area contributed by atoms with Gasteiger partial charge in [-0.3, -0.25) is 9.97 Å². The second kappa shape index (κ2) is 10.8. The van der Waals surface area contributed by atoms with Gasteiger partial charge in [0.25, 0.3) is 0 Å². The van der Waals surface area contributed by atoms with Gasteiger partial charge in [0, 0.05) is 41.5 Å². The molecule has 36 heavy (non-hydrogen) atoms. The fraction of sp³-hybridized carbons (Fsp3) is 0.318. The number of anilines is 1. The van der Waals surface area contributed by atoms with Crippen LogP contribution in [0, 0.1) is 0 Å². The van der Waals surface area contributed by atoms with Crippen molar-refractivity contribution in [3.8, 4) is 22.6 Å². The van der Waals surface area contributed by atoms with Gasteiger partial charge in [-0.1, -0.05) is 28.6 Å². The van der Waals surface area contributed by atoms with Crippen LogP contribution in [0.25, 0.3) is 22.6 Å². The summed E-state index contributed by atoms with van der Waals surface area (Å²) in [6, 6.07) is 4.77. The molecule has 5 atom stereocenters. The molecule has 3 unspecified atom stereocenters. The lowest BCUT2D eigenvalue weighted by Gasteiger charge is -2.43. The third kappa shape index (κ3) is 4.95. The first-order valence-electron chi connectivity index (χ1n) is 10.8. The monoisotopic (exact) mass is 547 g/mol. The summed E-state index contributed by atoms with van der Waals surface area (Å²) in [5, 5.41) is 32.2. The summed E-state index contributed by atoms with van der Waals surface area (Å²) in [4.78, 5) is 13.6. The molecule has 0 spiro atoms. The van der Waals surface area contributed by atoms with Crippen molar-refractivity contribution in [3.05, 3.63) is 53.4 Å². The number of nitrogen functional groups attached to an aromatic ring is 1. The Morgan fingerprint density at radius 2 is 2.11 bits per heavy atom. The van der Waals surface area contributed by atoms with E-state index in [0.29, 0.717) is 27.2 Å². The highest BCUT2D eigenvalue weighted by molar-refractivity contribution is 8.00. The van der Waals surface area contributed by atoms with Gasteiger partial charge >= 0.3 is 0 Å². The first-order valence-corrected chi connectivity index (χ1v) is 12.9. The van der Waals surface area contributed by atoms with Crippen molar-refractivity contribution in [1.29, 1.82) is 0 Å². The molecule has 4 aromatic heterocycles. The summed E-state index contributed by atoms with van der Waals surface area (Å²) in [7, 11) is 1.53. The van der Waals surface area contributed by atoms with E-state index in [4.69, 9.17) is 26.8 Å². The Kier molecular flexibility index (Phi) is 7.48. The molecule has 5 heterocycles. The number of pyridine rings is 2. The maximum absolute atomic E-state index is 11.1. The van der Waals surface area contributed by atoms with Crippen molar-refractivity contribution in [2.75, 3.05) is 19.5 Å². The fourth-order valence-electron chi connectivity index (χ4n) is 4.02. The van der Waals surface area contributed by atoms with Gasteiger partial charge in [0.05, 0.1) is 23.5 Å². The molecule has 0 radical (unpaired) electrons. The number of hydrogen-bond donors (Lipinski definition) is 3. The third-order valence-corrected chi connectivity index (χ3v) is 7.77. The van der Waals surface area contributed by atoms with Gasteiger partial charge in [0.1, 0.15) is 41.2 Å². The van der Waals surface area contributed by atoms with E-state index in [0.717, 1.165) is 10.5 Å². The highest BCUT2D eigenvalue weighted by atomic mass is 35.5. The smallest absolute Gasteiger partial charge is 0.180 e. The molecule has 188 valence electrons. The molecule has 1 aliphatic rings. The van der Waals surface area contributed by atoms with E-state index in [1.807, 2.05) is 12.1 Å². The molecule has 4 aromatic rings. The first kappa shape index (κ1) is 25.0. The van der Waals surface area contributed by atoms with Crippen LogP contribution in [-0.2, 0) is 9.47 Å². The highest BCUT2D eigenvalue weighted by Gasteiger charge is 2.47. The van der Waals surface area contributed by atoms with Crippen LogP contribution in [0.3, 0.4) is 0 Å². The van der Waals surface area contributed by atoms with Crippen LogP contribution in [-0.4, -0.2) is 77.6 Å². The summed E-state index contributed by atoms with van der Waals surface area (Å²) >= 11 is 8.91. The van der Waals surface area contributed by atoms with Gasteiger partial charge in [-0.05, 0) is 18.2 Å². The van der Waals surface area contributed by atoms with Crippen molar-refractivity contribution in [1.82, 2.24) is 29.9 Å². The lowest BCUT2D eigenvalue weighted by molar-refractivity contribution is -0.186. The van der Waals surface area contributed by atoms with Gasteiger partial charge in [0.2, 0.25) is 0 Å². The minimum Gasteiger partial charge on any atom is -0.394 e. The van der Waals surface area contributed by atoms with Crippen molar-refractivity contribution in [2.45, 2.75) is 34.7 Å². The second-order valence-electron chi connectivity index (χ2n) is 7.92. The van der Waals surface area contributed by atoms with Crippen LogP contribution in [0.5, 0.6) is 0 Å². The molecular formula is C22H22ClN7O4S2. The molecule has 0 saturated carbocycles. The van der Waals surface area contributed by atoms with Crippen LogP contribution in [0.2, 0.25) is 5.02 Å². The van der Waals surface area contributed by atoms with Crippen molar-refractivity contribution < 1.29 is 19.7 Å². The van der Waals surface area contributed by atoms with Crippen LogP contribution >= 0.6 is 34.7 Å². The Bertz CT molecular complexity index is 1320. The van der Waals surface area contributed by atoms with Gasteiger partial charge in [-0.15, -0.1) is 16.4 Å². The molecular weight excluding hydrogens is 526 g/mol. The molecule has 0 amide bonds. The van der Waals surface area contributed by atoms with Crippen LogP contribution < -0.4 is 5.73 Å². The first-order chi connectivity index (χ1) is 17.5. The Morgan fingerprint density at radius 3 is 2.81 bits per heavy atom. The predicted molar refractivity (Wildman–Crippen MR) is 135 cm³/mol. The number of hydrogen-bond acceptors (Lipinski definition) is 12. The Labute approximate surface area is 219 Å². The van der Waals surface area contributed by atoms with Crippen molar-refractivity contribution in [2.24, 2.45) is 0 Å². The summed E-state index contributed by atoms with van der Waals surface area (Å²) in [6.07, 6.45) is 3.92. The SMILES string of the molecule is COC1C(n2cc(-c3csc(N)n3)nn2)[C@@H](O)C(CO)O[C@@H]1Sc1cc(Cl)cnc1-c1ccncc1. The zero-order valence-corrected chi connectivity index (χ0v) is 21.3. The molecule has 0 aliphatic carbocycles. The summed E-state index contributed by atoms with van der Waals surface area (Å²) in [6.45, 7) is -0.402. The Hall–Kier alpha value is -2.65. The standard InChI is InChI=1S/C22H22ClN7O4S2/c1-33-20-18(30-8-13(28-29-30)14-10-35-22(24)27-14)19(32)15(9-31)34-21(20)36-16-6-12(23)7-26-17(16)11-2-4-25-5-3-11/h2-8,10,15,18-21,31-32H,9H2,1H3,(H2,24,27)/t15?,18?,19-,20?,21+/m0/s1. The number of aromatic nitrogens is 6. The number of rotatable bonds is 7. The van der Waals surface area contributed by atoms with Crippen molar-refractivity contribution >= 4 is 39.8 Å². The zero-order chi connectivity index (χ0) is 25.2. The topological polar surface area (TPSA) is 154 Å². The number of thioether (sulfide) groups is 1. The normalized spacial score (nSPS) is 24.2. The number of aliphatic hydroxyl groups is 2. The Balaban J connectivity index is 1.49. The number of nitrogens with two attached hydrogens (primary N) is 1. The number of nitrogens with zero attached hydrogens (tertiary/aromatic N) is 6. The summed E-state index contributed by atoms with van der Waals surface area (Å²) in [5.74, 6) is 0. The van der Waals surface area contributed by atoms with E-state index in [-0.39, 0.29) is 0 Å². The molecule has 0 bridgehead atoms. The van der Waals surface area contributed by atoms with E-state index in [2.05, 4.69) is 25.3 Å². The fourth-order valence-corrected chi connectivity index (χ4v) is 6.13. The maximum atomic E-state index is 11.1. The van der Waals surface area contributed by atoms with Gasteiger partial charge in [0.15, 0.2) is 5.13 Å². The largest absolute Gasteiger partial charge is 0.394 e. The number of halogens is 1. The quantitative estimate of drug-likeness (QED) is 0.312. The van der Waals surface area contributed by atoms with Crippen LogP contribution in [0.1, 0.15) is 6.04 Å². The molecule has 1 aliphatic heterocycles. The summed E-state index contributed by atoms with van der Waals surface area (Å²) < 4.78 is 13.4. The lowest BCUT2D eigenvalue weighted by Crippen LogP contribution is -2.55. The molecule has 14 heteroatoms.